The average Bonchev–Trinajstić information content (AvgIpc) is 3.31. The van der Waals surface area contributed by atoms with E-state index >= 15 is 0 Å². The smallest absolute Gasteiger partial charge is 0.358 e. The van der Waals surface area contributed by atoms with Gasteiger partial charge in [-0.25, -0.2) is 0 Å². The molecule has 0 saturated carbocycles. The largest absolute Gasteiger partial charge is 0.404 e. The van der Waals surface area contributed by atoms with Gasteiger partial charge in [0.2, 0.25) is 0 Å². The number of rotatable bonds is 8. The molecule has 3 rings (SSSR count). The topological polar surface area (TPSA) is 158 Å². The predicted molar refractivity (Wildman–Crippen MR) is 111 cm³/mol. The number of nitrogens with zero attached hydrogens (tertiary/aromatic N) is 5. The Morgan fingerprint density at radius 3 is 2.65 bits per heavy atom. The summed E-state index contributed by atoms with van der Waals surface area (Å²) in [4.78, 5) is 38.4. The highest BCUT2D eigenvalue weighted by molar-refractivity contribution is 9.10. The maximum atomic E-state index is 12.1. The van der Waals surface area contributed by atoms with Crippen molar-refractivity contribution in [2.24, 2.45) is 0 Å². The summed E-state index contributed by atoms with van der Waals surface area (Å²) in [6.07, 6.45) is 0. The first kappa shape index (κ1) is 22.4. The highest BCUT2D eigenvalue weighted by Gasteiger charge is 2.25. The summed E-state index contributed by atoms with van der Waals surface area (Å²) in [5, 5.41) is 24.1. The number of nitrogens with one attached hydrogen (secondary N) is 2. The van der Waals surface area contributed by atoms with Crippen LogP contribution in [0.3, 0.4) is 0 Å². The number of hydrogen-bond acceptors (Lipinski definition) is 8. The fourth-order valence-electron chi connectivity index (χ4n) is 2.48. The highest BCUT2D eigenvalue weighted by Crippen LogP contribution is 2.27. The molecule has 0 aliphatic heterocycles. The molecule has 0 aliphatic rings. The van der Waals surface area contributed by atoms with Gasteiger partial charge in [-0.15, -0.1) is 0 Å². The Hall–Kier alpha value is -3.32. The lowest BCUT2D eigenvalue weighted by atomic mass is 10.2. The maximum absolute atomic E-state index is 12.1. The van der Waals surface area contributed by atoms with Crippen molar-refractivity contribution in [3.8, 4) is 0 Å². The van der Waals surface area contributed by atoms with Crippen molar-refractivity contribution in [1.29, 1.82) is 0 Å². The minimum Gasteiger partial charge on any atom is -0.358 e. The van der Waals surface area contributed by atoms with Crippen LogP contribution in [0.5, 0.6) is 0 Å². The summed E-state index contributed by atoms with van der Waals surface area (Å²) in [6, 6.07) is 6.47. The van der Waals surface area contributed by atoms with Crippen molar-refractivity contribution in [3.63, 3.8) is 0 Å². The number of halogens is 2. The van der Waals surface area contributed by atoms with E-state index in [4.69, 9.17) is 16.1 Å². The van der Waals surface area contributed by atoms with Gasteiger partial charge in [0.15, 0.2) is 5.82 Å². The van der Waals surface area contributed by atoms with Crippen molar-refractivity contribution in [2.75, 3.05) is 13.1 Å². The molecule has 12 nitrogen and oxygen atoms in total. The Morgan fingerprint density at radius 1 is 1.29 bits per heavy atom. The Kier molecular flexibility index (Phi) is 6.97. The fourth-order valence-corrected chi connectivity index (χ4v) is 3.10. The number of benzene rings is 1. The summed E-state index contributed by atoms with van der Waals surface area (Å²) < 4.78 is 6.49. The van der Waals surface area contributed by atoms with E-state index in [-0.39, 0.29) is 47.5 Å². The molecule has 0 radical (unpaired) electrons. The molecule has 2 heterocycles. The third-order valence-electron chi connectivity index (χ3n) is 4.03. The van der Waals surface area contributed by atoms with E-state index < -0.39 is 10.8 Å². The van der Waals surface area contributed by atoms with Crippen molar-refractivity contribution >= 4 is 45.2 Å². The van der Waals surface area contributed by atoms with Crippen molar-refractivity contribution in [2.45, 2.75) is 13.5 Å². The number of nitro groups is 1. The zero-order valence-corrected chi connectivity index (χ0v) is 18.3. The second kappa shape index (κ2) is 9.66. The van der Waals surface area contributed by atoms with Gasteiger partial charge in [-0.3, -0.25) is 9.59 Å². The second-order valence-corrected chi connectivity index (χ2v) is 7.41. The Balaban J connectivity index is 1.51. The molecule has 162 valence electrons. The van der Waals surface area contributed by atoms with E-state index in [2.05, 4.69) is 41.8 Å². The zero-order chi connectivity index (χ0) is 22.5. The first-order valence-electron chi connectivity index (χ1n) is 8.78. The van der Waals surface area contributed by atoms with Gasteiger partial charge in [-0.1, -0.05) is 22.8 Å². The van der Waals surface area contributed by atoms with Crippen LogP contribution in [0.25, 0.3) is 0 Å². The Morgan fingerprint density at radius 2 is 2.00 bits per heavy atom. The lowest BCUT2D eigenvalue weighted by Gasteiger charge is -2.06. The van der Waals surface area contributed by atoms with E-state index in [9.17, 15) is 19.7 Å². The van der Waals surface area contributed by atoms with Crippen LogP contribution in [0.2, 0.25) is 5.02 Å². The van der Waals surface area contributed by atoms with E-state index in [0.29, 0.717) is 16.3 Å². The van der Waals surface area contributed by atoms with Crippen molar-refractivity contribution in [3.05, 3.63) is 66.8 Å². The Labute approximate surface area is 188 Å². The van der Waals surface area contributed by atoms with Crippen LogP contribution in [0.15, 0.2) is 33.3 Å². The van der Waals surface area contributed by atoms with Gasteiger partial charge < -0.3 is 25.3 Å². The normalized spacial score (nSPS) is 10.7. The Bertz CT molecular complexity index is 1150. The van der Waals surface area contributed by atoms with Gasteiger partial charge in [-0.05, 0) is 46.0 Å². The van der Waals surface area contributed by atoms with Crippen LogP contribution in [0, 0.1) is 17.0 Å². The van der Waals surface area contributed by atoms with Gasteiger partial charge in [0.25, 0.3) is 5.91 Å². The summed E-state index contributed by atoms with van der Waals surface area (Å²) in [6.45, 7) is 1.91. The monoisotopic (exact) mass is 511 g/mol. The predicted octanol–water partition coefficient (Wildman–Crippen LogP) is 2.11. The molecule has 3 aromatic rings. The van der Waals surface area contributed by atoms with Gasteiger partial charge in [-0.2, -0.15) is 9.67 Å². The fraction of sp³-hybridized carbons (Fsp3) is 0.235. The molecular weight excluding hydrogens is 498 g/mol. The first-order chi connectivity index (χ1) is 14.8. The molecule has 2 aromatic heterocycles. The number of carbonyl (C=O) groups is 2. The molecule has 0 bridgehead atoms. The summed E-state index contributed by atoms with van der Waals surface area (Å²) >= 11 is 8.96. The lowest BCUT2D eigenvalue weighted by molar-refractivity contribution is -0.390. The molecule has 0 unspecified atom stereocenters. The van der Waals surface area contributed by atoms with E-state index in [1.165, 1.54) is 10.7 Å². The summed E-state index contributed by atoms with van der Waals surface area (Å²) in [5.41, 5.74) is 0.902. The zero-order valence-electron chi connectivity index (χ0n) is 16.0. The molecule has 14 heteroatoms. The number of amides is 2. The molecule has 0 spiro atoms. The molecule has 31 heavy (non-hydrogen) atoms. The number of aromatic nitrogens is 4. The van der Waals surface area contributed by atoms with Crippen LogP contribution in [-0.2, 0) is 6.54 Å². The summed E-state index contributed by atoms with van der Waals surface area (Å²) in [7, 11) is 0. The van der Waals surface area contributed by atoms with E-state index in [1.54, 1.807) is 25.1 Å². The number of carbonyl (C=O) groups excluding carboxylic acids is 2. The highest BCUT2D eigenvalue weighted by atomic mass is 79.9. The molecule has 0 atom stereocenters. The molecular formula is C17H15BrClN7O5. The SMILES string of the molecule is Cc1c(Br)c([N+](=O)[O-])nn1Cc1noc(C(=O)NCCNC(=O)c2cccc(Cl)c2)n1. The molecule has 2 amide bonds. The number of hydrogen-bond donors (Lipinski definition) is 2. The third kappa shape index (κ3) is 5.44. The molecule has 1 aromatic carbocycles. The average molecular weight is 513 g/mol. The minimum atomic E-state index is -0.625. The van der Waals surface area contributed by atoms with Crippen LogP contribution in [0.4, 0.5) is 5.82 Å². The molecule has 2 N–H and O–H groups in total. The standard InChI is InChI=1S/C17H15BrClN7O5/c1-9-13(18)14(26(29)30)23-25(9)8-12-22-17(31-24-12)16(28)21-6-5-20-15(27)10-3-2-4-11(19)7-10/h2-4,7H,5-6,8H2,1H3,(H,20,27)(H,21,28). The van der Waals surface area contributed by atoms with Crippen LogP contribution in [0.1, 0.15) is 32.6 Å². The van der Waals surface area contributed by atoms with Crippen LogP contribution in [-0.4, -0.2) is 49.7 Å². The van der Waals surface area contributed by atoms with E-state index in [0.717, 1.165) is 0 Å². The first-order valence-corrected chi connectivity index (χ1v) is 9.95. The molecule has 0 saturated heterocycles. The van der Waals surface area contributed by atoms with Crippen LogP contribution < -0.4 is 10.6 Å². The molecule has 0 aliphatic carbocycles. The van der Waals surface area contributed by atoms with Crippen molar-refractivity contribution < 1.29 is 19.0 Å². The lowest BCUT2D eigenvalue weighted by Crippen LogP contribution is -2.34. The van der Waals surface area contributed by atoms with Crippen molar-refractivity contribution in [1.82, 2.24) is 30.6 Å². The molecule has 0 fully saturated rings. The van der Waals surface area contributed by atoms with Crippen LogP contribution >= 0.6 is 27.5 Å². The maximum Gasteiger partial charge on any atom is 0.404 e. The second-order valence-electron chi connectivity index (χ2n) is 6.18. The third-order valence-corrected chi connectivity index (χ3v) is 5.19. The summed E-state index contributed by atoms with van der Waals surface area (Å²) in [5.74, 6) is -1.45. The van der Waals surface area contributed by atoms with Gasteiger partial charge >= 0.3 is 17.6 Å². The minimum absolute atomic E-state index is 0.0231. The quantitative estimate of drug-likeness (QED) is 0.264. The van der Waals surface area contributed by atoms with Gasteiger partial charge in [0.05, 0.1) is 10.8 Å². The van der Waals surface area contributed by atoms with Gasteiger partial charge in [0.1, 0.15) is 11.0 Å². The van der Waals surface area contributed by atoms with Gasteiger partial charge in [0, 0.05) is 23.7 Å². The van der Waals surface area contributed by atoms with E-state index in [1.807, 2.05) is 0 Å².